The van der Waals surface area contributed by atoms with Crippen molar-refractivity contribution in [3.63, 3.8) is 0 Å². The van der Waals surface area contributed by atoms with Crippen LogP contribution in [0.3, 0.4) is 0 Å². The molecule has 0 fully saturated rings. The van der Waals surface area contributed by atoms with Crippen LogP contribution < -0.4 is 5.32 Å². The van der Waals surface area contributed by atoms with Crippen LogP contribution in [-0.2, 0) is 6.42 Å². The van der Waals surface area contributed by atoms with Crippen LogP contribution in [0.2, 0.25) is 10.2 Å². The second-order valence-electron chi connectivity index (χ2n) is 4.12. The van der Waals surface area contributed by atoms with E-state index < -0.39 is 0 Å². The average molecular weight is 311 g/mol. The van der Waals surface area contributed by atoms with Gasteiger partial charge in [0.05, 0.1) is 10.6 Å². The quantitative estimate of drug-likeness (QED) is 0.853. The fourth-order valence-corrected chi connectivity index (χ4v) is 1.90. The zero-order chi connectivity index (χ0) is 14.5. The predicted octanol–water partition coefficient (Wildman–Crippen LogP) is 3.18. The summed E-state index contributed by atoms with van der Waals surface area (Å²) in [5.74, 6) is -0.314. The van der Waals surface area contributed by atoms with Crippen molar-refractivity contribution in [1.82, 2.24) is 4.98 Å². The number of aliphatic hydroxyl groups is 1. The molecule has 0 aliphatic heterocycles. The minimum Gasteiger partial charge on any atom is -0.396 e. The number of hydrogen-bond donors (Lipinski definition) is 2. The van der Waals surface area contributed by atoms with Crippen molar-refractivity contribution in [2.24, 2.45) is 0 Å². The lowest BCUT2D eigenvalue weighted by atomic mass is 10.1. The van der Waals surface area contributed by atoms with E-state index in [4.69, 9.17) is 28.3 Å². The van der Waals surface area contributed by atoms with Crippen molar-refractivity contribution in [2.45, 2.75) is 6.42 Å². The van der Waals surface area contributed by atoms with Gasteiger partial charge in [-0.2, -0.15) is 0 Å². The lowest BCUT2D eigenvalue weighted by molar-refractivity contribution is 0.102. The average Bonchev–Trinajstić information content (AvgIpc) is 2.44. The summed E-state index contributed by atoms with van der Waals surface area (Å²) in [5.41, 5.74) is 1.99. The zero-order valence-electron chi connectivity index (χ0n) is 10.4. The number of carbonyl (C=O) groups is 1. The highest BCUT2D eigenvalue weighted by atomic mass is 35.5. The molecule has 0 spiro atoms. The van der Waals surface area contributed by atoms with Crippen LogP contribution in [0.4, 0.5) is 5.69 Å². The summed E-state index contributed by atoms with van der Waals surface area (Å²) in [6.07, 6.45) is 1.95. The molecule has 0 unspecified atom stereocenters. The lowest BCUT2D eigenvalue weighted by Gasteiger charge is -2.06. The Hall–Kier alpha value is -1.62. The minimum absolute atomic E-state index is 0.0979. The maximum atomic E-state index is 12.0. The van der Waals surface area contributed by atoms with E-state index in [0.717, 1.165) is 5.56 Å². The summed E-state index contributed by atoms with van der Waals surface area (Å²) < 4.78 is 0. The standard InChI is InChI=1S/C14H12Cl2N2O2/c15-12-7-10(8-17-13(12)16)14(20)18-11-3-1-9(2-4-11)5-6-19/h1-4,7-8,19H,5-6H2,(H,18,20). The van der Waals surface area contributed by atoms with Crippen molar-refractivity contribution in [2.75, 3.05) is 11.9 Å². The Morgan fingerprint density at radius 3 is 2.55 bits per heavy atom. The molecule has 2 N–H and O–H groups in total. The molecule has 1 heterocycles. The molecule has 1 aromatic heterocycles. The Labute approximate surface area is 126 Å². The van der Waals surface area contributed by atoms with Gasteiger partial charge in [0.15, 0.2) is 0 Å². The molecule has 2 rings (SSSR count). The number of nitrogens with one attached hydrogen (secondary N) is 1. The van der Waals surface area contributed by atoms with Crippen molar-refractivity contribution in [1.29, 1.82) is 0 Å². The molecule has 0 aliphatic rings. The number of benzene rings is 1. The maximum absolute atomic E-state index is 12.0. The third kappa shape index (κ3) is 3.70. The molecule has 1 amide bonds. The molecule has 20 heavy (non-hydrogen) atoms. The number of pyridine rings is 1. The molecule has 6 heteroatoms. The van der Waals surface area contributed by atoms with E-state index in [2.05, 4.69) is 10.3 Å². The normalized spacial score (nSPS) is 10.3. The Balaban J connectivity index is 2.08. The third-order valence-electron chi connectivity index (χ3n) is 2.67. The Bertz CT molecular complexity index is 615. The van der Waals surface area contributed by atoms with Crippen molar-refractivity contribution >= 4 is 34.8 Å². The SMILES string of the molecule is O=C(Nc1ccc(CCO)cc1)c1cnc(Cl)c(Cl)c1. The van der Waals surface area contributed by atoms with Gasteiger partial charge >= 0.3 is 0 Å². The fourth-order valence-electron chi connectivity index (χ4n) is 1.63. The number of hydrogen-bond acceptors (Lipinski definition) is 3. The topological polar surface area (TPSA) is 62.2 Å². The number of aromatic nitrogens is 1. The Kier molecular flexibility index (Phi) is 4.95. The van der Waals surface area contributed by atoms with E-state index in [9.17, 15) is 4.79 Å². The van der Waals surface area contributed by atoms with Gasteiger partial charge in [-0.3, -0.25) is 4.79 Å². The molecule has 0 aliphatic carbocycles. The molecular formula is C14H12Cl2N2O2. The highest BCUT2D eigenvalue weighted by molar-refractivity contribution is 6.41. The summed E-state index contributed by atoms with van der Waals surface area (Å²) in [6.45, 7) is 0.0979. The summed E-state index contributed by atoms with van der Waals surface area (Å²) in [4.78, 5) is 15.8. The van der Waals surface area contributed by atoms with Gasteiger partial charge in [-0.05, 0) is 30.2 Å². The van der Waals surface area contributed by atoms with E-state index in [1.807, 2.05) is 12.1 Å². The van der Waals surface area contributed by atoms with Crippen LogP contribution in [0.15, 0.2) is 36.5 Å². The van der Waals surface area contributed by atoms with Crippen LogP contribution in [0.25, 0.3) is 0 Å². The Morgan fingerprint density at radius 1 is 1.25 bits per heavy atom. The van der Waals surface area contributed by atoms with Gasteiger partial charge in [0.25, 0.3) is 5.91 Å². The smallest absolute Gasteiger partial charge is 0.257 e. The van der Waals surface area contributed by atoms with Gasteiger partial charge < -0.3 is 10.4 Å². The lowest BCUT2D eigenvalue weighted by Crippen LogP contribution is -2.12. The highest BCUT2D eigenvalue weighted by Gasteiger charge is 2.09. The number of nitrogens with zero attached hydrogens (tertiary/aromatic N) is 1. The van der Waals surface area contributed by atoms with Crippen LogP contribution in [0.5, 0.6) is 0 Å². The van der Waals surface area contributed by atoms with E-state index in [1.165, 1.54) is 12.3 Å². The molecule has 104 valence electrons. The molecule has 2 aromatic rings. The van der Waals surface area contributed by atoms with Gasteiger partial charge in [0, 0.05) is 18.5 Å². The first-order valence-electron chi connectivity index (χ1n) is 5.92. The van der Waals surface area contributed by atoms with Crippen molar-refractivity contribution in [3.8, 4) is 0 Å². The number of anilines is 1. The number of carbonyl (C=O) groups excluding carboxylic acids is 1. The number of amides is 1. The van der Waals surface area contributed by atoms with Crippen LogP contribution in [-0.4, -0.2) is 22.6 Å². The highest BCUT2D eigenvalue weighted by Crippen LogP contribution is 2.20. The van der Waals surface area contributed by atoms with Crippen molar-refractivity contribution < 1.29 is 9.90 Å². The molecule has 0 radical (unpaired) electrons. The molecule has 0 atom stereocenters. The molecule has 4 nitrogen and oxygen atoms in total. The summed E-state index contributed by atoms with van der Waals surface area (Å²) in [5, 5.41) is 12.0. The van der Waals surface area contributed by atoms with Gasteiger partial charge in [0.1, 0.15) is 5.15 Å². The molecule has 0 saturated heterocycles. The largest absolute Gasteiger partial charge is 0.396 e. The van der Waals surface area contributed by atoms with Gasteiger partial charge in [0.2, 0.25) is 0 Å². The molecule has 0 bridgehead atoms. The first kappa shape index (κ1) is 14.8. The summed E-state index contributed by atoms with van der Waals surface area (Å²) in [6, 6.07) is 8.70. The number of rotatable bonds is 4. The van der Waals surface area contributed by atoms with Gasteiger partial charge in [-0.1, -0.05) is 35.3 Å². The van der Waals surface area contributed by atoms with E-state index in [1.54, 1.807) is 12.1 Å². The summed E-state index contributed by atoms with van der Waals surface area (Å²) >= 11 is 11.5. The monoisotopic (exact) mass is 310 g/mol. The van der Waals surface area contributed by atoms with Crippen LogP contribution >= 0.6 is 23.2 Å². The fraction of sp³-hybridized carbons (Fsp3) is 0.143. The third-order valence-corrected chi connectivity index (χ3v) is 3.36. The maximum Gasteiger partial charge on any atom is 0.257 e. The minimum atomic E-state index is -0.314. The number of aliphatic hydroxyl groups excluding tert-OH is 1. The van der Waals surface area contributed by atoms with Crippen molar-refractivity contribution in [3.05, 3.63) is 57.8 Å². The van der Waals surface area contributed by atoms with E-state index in [-0.39, 0.29) is 22.7 Å². The molecule has 1 aromatic carbocycles. The Morgan fingerprint density at radius 2 is 1.95 bits per heavy atom. The van der Waals surface area contributed by atoms with E-state index in [0.29, 0.717) is 17.7 Å². The first-order chi connectivity index (χ1) is 9.60. The first-order valence-corrected chi connectivity index (χ1v) is 6.68. The van der Waals surface area contributed by atoms with Crippen LogP contribution in [0, 0.1) is 0 Å². The van der Waals surface area contributed by atoms with E-state index >= 15 is 0 Å². The molecule has 0 saturated carbocycles. The summed E-state index contributed by atoms with van der Waals surface area (Å²) in [7, 11) is 0. The van der Waals surface area contributed by atoms with Crippen LogP contribution in [0.1, 0.15) is 15.9 Å². The second-order valence-corrected chi connectivity index (χ2v) is 4.89. The molecular weight excluding hydrogens is 299 g/mol. The van der Waals surface area contributed by atoms with Gasteiger partial charge in [-0.15, -0.1) is 0 Å². The second kappa shape index (κ2) is 6.70. The predicted molar refractivity (Wildman–Crippen MR) is 79.4 cm³/mol. The number of halogens is 2. The zero-order valence-corrected chi connectivity index (χ0v) is 11.9. The van der Waals surface area contributed by atoms with Gasteiger partial charge in [-0.25, -0.2) is 4.98 Å².